The van der Waals surface area contributed by atoms with Gasteiger partial charge in [0.1, 0.15) is 0 Å². The highest BCUT2D eigenvalue weighted by atomic mass is 35.5. The van der Waals surface area contributed by atoms with E-state index in [4.69, 9.17) is 20.9 Å². The van der Waals surface area contributed by atoms with Gasteiger partial charge in [-0.2, -0.15) is 0 Å². The number of alkyl halides is 1. The lowest BCUT2D eigenvalue weighted by Crippen LogP contribution is -2.41. The van der Waals surface area contributed by atoms with Gasteiger partial charge in [0.15, 0.2) is 0 Å². The smallest absolute Gasteiger partial charge is 0.400 e. The highest BCUT2D eigenvalue weighted by Gasteiger charge is 2.49. The van der Waals surface area contributed by atoms with Crippen LogP contribution in [0.15, 0.2) is 12.1 Å². The molecule has 2 nitrogen and oxygen atoms in total. The van der Waals surface area contributed by atoms with Crippen molar-refractivity contribution < 1.29 is 9.31 Å². The van der Waals surface area contributed by atoms with Crippen LogP contribution in [0.2, 0.25) is 0 Å². The van der Waals surface area contributed by atoms with Crippen LogP contribution in [0.3, 0.4) is 0 Å². The third kappa shape index (κ3) is 3.51. The topological polar surface area (TPSA) is 18.5 Å². The van der Waals surface area contributed by atoms with E-state index in [1.807, 2.05) is 5.98 Å². The fraction of sp³-hybridized carbons (Fsp3) is 0.833. The highest BCUT2D eigenvalue weighted by Crippen LogP contribution is 2.36. The van der Waals surface area contributed by atoms with Gasteiger partial charge in [-0.3, -0.25) is 0 Å². The van der Waals surface area contributed by atoms with E-state index in [1.165, 1.54) is 0 Å². The maximum Gasteiger partial charge on any atom is 0.486 e. The van der Waals surface area contributed by atoms with Crippen LogP contribution in [0.5, 0.6) is 0 Å². The van der Waals surface area contributed by atoms with E-state index in [-0.39, 0.29) is 18.3 Å². The zero-order valence-electron chi connectivity index (χ0n) is 10.8. The Morgan fingerprint density at radius 3 is 2.12 bits per heavy atom. The highest BCUT2D eigenvalue weighted by molar-refractivity contribution is 6.51. The fourth-order valence-electron chi connectivity index (χ4n) is 1.53. The molecular formula is C12H22BClO2. The molecule has 0 saturated carbocycles. The number of allylic oxidation sites excluding steroid dienone is 1. The van der Waals surface area contributed by atoms with Gasteiger partial charge in [-0.1, -0.05) is 12.1 Å². The minimum Gasteiger partial charge on any atom is -0.400 e. The molecule has 1 saturated heterocycles. The summed E-state index contributed by atoms with van der Waals surface area (Å²) in [6.07, 6.45) is 5.35. The largest absolute Gasteiger partial charge is 0.486 e. The summed E-state index contributed by atoms with van der Waals surface area (Å²) in [5.74, 6) is 2.75. The first kappa shape index (κ1) is 14.1. The lowest BCUT2D eigenvalue weighted by molar-refractivity contribution is 0.00578. The van der Waals surface area contributed by atoms with E-state index >= 15 is 0 Å². The molecule has 1 aliphatic rings. The molecule has 0 unspecified atom stereocenters. The van der Waals surface area contributed by atoms with Crippen LogP contribution in [0, 0.1) is 0 Å². The Morgan fingerprint density at radius 1 is 1.06 bits per heavy atom. The van der Waals surface area contributed by atoms with Gasteiger partial charge in [0.05, 0.1) is 11.2 Å². The van der Waals surface area contributed by atoms with Crippen molar-refractivity contribution in [2.45, 2.75) is 58.2 Å². The maximum atomic E-state index is 5.84. The average Bonchev–Trinajstić information content (AvgIpc) is 2.35. The van der Waals surface area contributed by atoms with Gasteiger partial charge < -0.3 is 9.31 Å². The van der Waals surface area contributed by atoms with Crippen LogP contribution in [0.4, 0.5) is 0 Å². The second kappa shape index (κ2) is 5.57. The molecule has 1 rings (SSSR count). The van der Waals surface area contributed by atoms with Crippen molar-refractivity contribution in [3.05, 3.63) is 12.1 Å². The molecule has 0 N–H and O–H groups in total. The van der Waals surface area contributed by atoms with Gasteiger partial charge in [-0.05, 0) is 47.0 Å². The Bertz CT molecular complexity index is 235. The number of rotatable bonds is 5. The molecule has 1 heterocycles. The summed E-state index contributed by atoms with van der Waals surface area (Å²) in [4.78, 5) is 0. The van der Waals surface area contributed by atoms with Crippen LogP contribution < -0.4 is 0 Å². The van der Waals surface area contributed by atoms with Gasteiger partial charge in [0.2, 0.25) is 0 Å². The molecule has 0 aliphatic carbocycles. The third-order valence-electron chi connectivity index (χ3n) is 3.32. The minimum atomic E-state index is -0.238. The first-order chi connectivity index (χ1) is 7.39. The molecule has 0 amide bonds. The minimum absolute atomic E-state index is 0.207. The predicted molar refractivity (Wildman–Crippen MR) is 69.8 cm³/mol. The van der Waals surface area contributed by atoms with Crippen molar-refractivity contribution in [3.63, 3.8) is 0 Å². The first-order valence-corrected chi connectivity index (χ1v) is 6.51. The van der Waals surface area contributed by atoms with Crippen LogP contribution in [0.25, 0.3) is 0 Å². The Morgan fingerprint density at radius 2 is 1.62 bits per heavy atom. The van der Waals surface area contributed by atoms with Crippen molar-refractivity contribution >= 4 is 18.7 Å². The normalized spacial score (nSPS) is 23.2. The summed E-state index contributed by atoms with van der Waals surface area (Å²) in [5, 5.41) is 0. The van der Waals surface area contributed by atoms with Crippen molar-refractivity contribution in [1.82, 2.24) is 0 Å². The Labute approximate surface area is 104 Å². The monoisotopic (exact) mass is 244 g/mol. The Balaban J connectivity index is 2.36. The summed E-state index contributed by atoms with van der Waals surface area (Å²) in [5.41, 5.74) is -0.476. The number of hydrogen-bond acceptors (Lipinski definition) is 2. The third-order valence-corrected chi connectivity index (χ3v) is 3.59. The molecule has 0 aromatic carbocycles. The first-order valence-electron chi connectivity index (χ1n) is 5.97. The van der Waals surface area contributed by atoms with Crippen LogP contribution in [-0.2, 0) is 9.31 Å². The van der Waals surface area contributed by atoms with Crippen LogP contribution in [0.1, 0.15) is 47.0 Å². The fourth-order valence-corrected chi connectivity index (χ4v) is 1.72. The van der Waals surface area contributed by atoms with Gasteiger partial charge >= 0.3 is 7.12 Å². The zero-order valence-corrected chi connectivity index (χ0v) is 11.5. The molecule has 0 atom stereocenters. The lowest BCUT2D eigenvalue weighted by Gasteiger charge is -2.32. The van der Waals surface area contributed by atoms with E-state index in [0.29, 0.717) is 0 Å². The van der Waals surface area contributed by atoms with E-state index in [0.717, 1.165) is 25.1 Å². The quantitative estimate of drug-likeness (QED) is 0.418. The number of halogens is 1. The molecule has 0 aromatic rings. The molecular weight excluding hydrogens is 222 g/mol. The van der Waals surface area contributed by atoms with Gasteiger partial charge in [-0.25, -0.2) is 0 Å². The Hall–Kier alpha value is 0.0149. The lowest BCUT2D eigenvalue weighted by atomic mass is 9.89. The summed E-state index contributed by atoms with van der Waals surface area (Å²) in [7, 11) is -0.207. The molecule has 1 fully saturated rings. The molecule has 92 valence electrons. The summed E-state index contributed by atoms with van der Waals surface area (Å²) in [6, 6.07) is 0. The zero-order chi connectivity index (χ0) is 12.2. The maximum absolute atomic E-state index is 5.84. The summed E-state index contributed by atoms with van der Waals surface area (Å²) >= 11 is 5.61. The predicted octanol–water partition coefficient (Wildman–Crippen LogP) is 3.58. The van der Waals surface area contributed by atoms with E-state index < -0.39 is 0 Å². The second-order valence-corrected chi connectivity index (χ2v) is 5.62. The van der Waals surface area contributed by atoms with E-state index in [1.54, 1.807) is 0 Å². The average molecular weight is 245 g/mol. The SMILES string of the molecule is CC1(C)OB(/C=C/CCCCCl)OC1(C)C. The van der Waals surface area contributed by atoms with Gasteiger partial charge in [0, 0.05) is 5.88 Å². The standard InChI is InChI=1S/C12H22BClO2/c1-11(2)12(3,4)16-13(15-11)9-7-5-6-8-10-14/h7,9H,5-6,8,10H2,1-4H3/b9-7+. The summed E-state index contributed by atoms with van der Waals surface area (Å²) < 4.78 is 11.7. The van der Waals surface area contributed by atoms with Gasteiger partial charge in [-0.15, -0.1) is 11.6 Å². The molecule has 0 aromatic heterocycles. The molecule has 0 radical (unpaired) electrons. The number of unbranched alkanes of at least 4 members (excludes halogenated alkanes) is 2. The van der Waals surface area contributed by atoms with Crippen molar-refractivity contribution in [2.75, 3.05) is 5.88 Å². The molecule has 0 bridgehead atoms. The molecule has 4 heteroatoms. The molecule has 1 aliphatic heterocycles. The van der Waals surface area contributed by atoms with Crippen molar-refractivity contribution in [2.24, 2.45) is 0 Å². The Kier molecular flexibility index (Phi) is 4.90. The van der Waals surface area contributed by atoms with E-state index in [2.05, 4.69) is 33.8 Å². The number of hydrogen-bond donors (Lipinski definition) is 0. The van der Waals surface area contributed by atoms with Crippen LogP contribution >= 0.6 is 11.6 Å². The van der Waals surface area contributed by atoms with Gasteiger partial charge in [0.25, 0.3) is 0 Å². The van der Waals surface area contributed by atoms with E-state index in [9.17, 15) is 0 Å². The van der Waals surface area contributed by atoms with Crippen LogP contribution in [-0.4, -0.2) is 24.2 Å². The molecule has 0 spiro atoms. The van der Waals surface area contributed by atoms with Crippen molar-refractivity contribution in [1.29, 1.82) is 0 Å². The second-order valence-electron chi connectivity index (χ2n) is 5.24. The summed E-state index contributed by atoms with van der Waals surface area (Å²) in [6.45, 7) is 8.26. The van der Waals surface area contributed by atoms with Crippen molar-refractivity contribution in [3.8, 4) is 0 Å². The molecule has 16 heavy (non-hydrogen) atoms.